The Morgan fingerprint density at radius 1 is 1.23 bits per heavy atom. The molecule has 0 saturated heterocycles. The summed E-state index contributed by atoms with van der Waals surface area (Å²) in [5.41, 5.74) is 2.26. The molecule has 1 amide bonds. The first kappa shape index (κ1) is 17.7. The first-order valence-corrected chi connectivity index (χ1v) is 7.84. The topological polar surface area (TPSA) is 46.9 Å². The van der Waals surface area contributed by atoms with Crippen molar-refractivity contribution in [1.29, 1.82) is 0 Å². The maximum Gasteiger partial charge on any atom is 0.416 e. The van der Waals surface area contributed by atoms with Gasteiger partial charge < -0.3 is 5.32 Å². The molecule has 0 spiro atoms. The van der Waals surface area contributed by atoms with Gasteiger partial charge in [-0.1, -0.05) is 18.7 Å². The number of alkyl halides is 3. The Morgan fingerprint density at radius 2 is 1.92 bits per heavy atom. The Hall–Kier alpha value is -3.09. The molecular formula is C19H16F3N3O. The van der Waals surface area contributed by atoms with Crippen molar-refractivity contribution in [2.24, 2.45) is 0 Å². The summed E-state index contributed by atoms with van der Waals surface area (Å²) >= 11 is 0. The number of nitrogens with zero attached hydrogens (tertiary/aromatic N) is 2. The van der Waals surface area contributed by atoms with Gasteiger partial charge in [0.25, 0.3) is 0 Å². The van der Waals surface area contributed by atoms with Crippen molar-refractivity contribution in [3.8, 4) is 0 Å². The predicted molar refractivity (Wildman–Crippen MR) is 93.8 cm³/mol. The fourth-order valence-corrected chi connectivity index (χ4v) is 2.70. The molecule has 0 bridgehead atoms. The van der Waals surface area contributed by atoms with Gasteiger partial charge in [-0.3, -0.25) is 9.48 Å². The third-order valence-electron chi connectivity index (χ3n) is 4.00. The van der Waals surface area contributed by atoms with Gasteiger partial charge in [0.15, 0.2) is 0 Å². The lowest BCUT2D eigenvalue weighted by atomic mass is 10.1. The Bertz CT molecular complexity index is 972. The highest BCUT2D eigenvalue weighted by Crippen LogP contribution is 2.29. The number of hydrogen-bond acceptors (Lipinski definition) is 2. The van der Waals surface area contributed by atoms with E-state index in [1.54, 1.807) is 10.7 Å². The van der Waals surface area contributed by atoms with Crippen molar-refractivity contribution in [2.45, 2.75) is 19.6 Å². The highest BCUT2D eigenvalue weighted by atomic mass is 19.4. The molecule has 1 N–H and O–H groups in total. The molecule has 4 nitrogen and oxygen atoms in total. The van der Waals surface area contributed by atoms with Crippen LogP contribution in [0.25, 0.3) is 10.9 Å². The van der Waals surface area contributed by atoms with E-state index in [0.717, 1.165) is 28.7 Å². The lowest BCUT2D eigenvalue weighted by Crippen LogP contribution is -2.07. The molecule has 0 radical (unpaired) electrons. The summed E-state index contributed by atoms with van der Waals surface area (Å²) in [6.45, 7) is 5.60. The van der Waals surface area contributed by atoms with Gasteiger partial charge in [-0.2, -0.15) is 18.3 Å². The summed E-state index contributed by atoms with van der Waals surface area (Å²) in [6.07, 6.45) is -3.16. The second kappa shape index (κ2) is 6.67. The lowest BCUT2D eigenvalue weighted by Gasteiger charge is -2.08. The molecule has 1 heterocycles. The second-order valence-electron chi connectivity index (χ2n) is 5.86. The molecule has 2 aromatic carbocycles. The average molecular weight is 359 g/mol. The molecule has 0 aliphatic rings. The van der Waals surface area contributed by atoms with Gasteiger partial charge in [-0.15, -0.1) is 0 Å². The minimum absolute atomic E-state index is 0.306. The number of carbonyl (C=O) groups is 1. The number of halogens is 3. The summed E-state index contributed by atoms with van der Waals surface area (Å²) in [6, 6.07) is 10.4. The molecule has 0 fully saturated rings. The number of amides is 1. The first-order chi connectivity index (χ1) is 12.3. The van der Waals surface area contributed by atoms with Crippen molar-refractivity contribution in [3.05, 3.63) is 71.9 Å². The van der Waals surface area contributed by atoms with E-state index in [4.69, 9.17) is 0 Å². The fourth-order valence-electron chi connectivity index (χ4n) is 2.70. The van der Waals surface area contributed by atoms with Crippen molar-refractivity contribution in [3.63, 3.8) is 0 Å². The summed E-state index contributed by atoms with van der Waals surface area (Å²) in [5, 5.41) is 8.01. The zero-order chi connectivity index (χ0) is 18.9. The average Bonchev–Trinajstić information content (AvgIpc) is 2.90. The second-order valence-corrected chi connectivity index (χ2v) is 5.86. The third-order valence-corrected chi connectivity index (χ3v) is 4.00. The van der Waals surface area contributed by atoms with Gasteiger partial charge in [0, 0.05) is 11.1 Å². The predicted octanol–water partition coefficient (Wildman–Crippen LogP) is 4.54. The zero-order valence-corrected chi connectivity index (χ0v) is 14.0. The van der Waals surface area contributed by atoms with Crippen molar-refractivity contribution in [1.82, 2.24) is 9.78 Å². The van der Waals surface area contributed by atoms with Crippen LogP contribution in [0.2, 0.25) is 0 Å². The van der Waals surface area contributed by atoms with Crippen LogP contribution in [0.4, 0.5) is 18.9 Å². The van der Waals surface area contributed by atoms with Gasteiger partial charge in [-0.25, -0.2) is 0 Å². The SMILES string of the molecule is C=CC(=O)Nc1ccc2c(c1)c(C)nn2Cc1ccc(C(F)(F)F)cc1. The van der Waals surface area contributed by atoms with Crippen LogP contribution in [-0.2, 0) is 17.5 Å². The maximum atomic E-state index is 12.7. The minimum Gasteiger partial charge on any atom is -0.323 e. The molecule has 7 heteroatoms. The molecule has 26 heavy (non-hydrogen) atoms. The van der Waals surface area contributed by atoms with Crippen LogP contribution in [0.1, 0.15) is 16.8 Å². The van der Waals surface area contributed by atoms with Crippen molar-refractivity contribution in [2.75, 3.05) is 5.32 Å². The van der Waals surface area contributed by atoms with E-state index < -0.39 is 11.7 Å². The van der Waals surface area contributed by atoms with Gasteiger partial charge in [0.05, 0.1) is 23.3 Å². The molecule has 0 unspecified atom stereocenters. The van der Waals surface area contributed by atoms with E-state index in [9.17, 15) is 18.0 Å². The summed E-state index contributed by atoms with van der Waals surface area (Å²) in [4.78, 5) is 11.4. The van der Waals surface area contributed by atoms with Crippen LogP contribution in [0.3, 0.4) is 0 Å². The van der Waals surface area contributed by atoms with Crippen LogP contribution in [0.5, 0.6) is 0 Å². The molecule has 3 rings (SSSR count). The van der Waals surface area contributed by atoms with E-state index in [1.165, 1.54) is 18.2 Å². The highest BCUT2D eigenvalue weighted by molar-refractivity contribution is 6.00. The number of benzene rings is 2. The number of anilines is 1. The molecule has 1 aromatic heterocycles. The number of aromatic nitrogens is 2. The molecule has 3 aromatic rings. The normalized spacial score (nSPS) is 11.5. The van der Waals surface area contributed by atoms with Crippen LogP contribution in [0.15, 0.2) is 55.1 Å². The standard InChI is InChI=1S/C19H16F3N3O/c1-3-18(26)23-15-8-9-17-16(10-15)12(2)24-25(17)11-13-4-6-14(7-5-13)19(20,21)22/h3-10H,1,11H2,2H3,(H,23,26). The fraction of sp³-hybridized carbons (Fsp3) is 0.158. The van der Waals surface area contributed by atoms with Crippen molar-refractivity contribution < 1.29 is 18.0 Å². The summed E-state index contributed by atoms with van der Waals surface area (Å²) in [5.74, 6) is -0.306. The van der Waals surface area contributed by atoms with Crippen LogP contribution in [-0.4, -0.2) is 15.7 Å². The van der Waals surface area contributed by atoms with Gasteiger partial charge in [0.2, 0.25) is 5.91 Å². The number of hydrogen-bond donors (Lipinski definition) is 1. The first-order valence-electron chi connectivity index (χ1n) is 7.84. The Balaban J connectivity index is 1.89. The summed E-state index contributed by atoms with van der Waals surface area (Å²) in [7, 11) is 0. The van der Waals surface area contributed by atoms with E-state index in [0.29, 0.717) is 17.8 Å². The van der Waals surface area contributed by atoms with Gasteiger partial charge >= 0.3 is 6.18 Å². The number of carbonyl (C=O) groups excluding carboxylic acids is 1. The molecular weight excluding hydrogens is 343 g/mol. The minimum atomic E-state index is -4.35. The molecule has 134 valence electrons. The zero-order valence-electron chi connectivity index (χ0n) is 14.0. The van der Waals surface area contributed by atoms with Crippen LogP contribution < -0.4 is 5.32 Å². The molecule has 0 aliphatic carbocycles. The third kappa shape index (κ3) is 3.61. The Labute approximate surface area is 147 Å². The van der Waals surface area contributed by atoms with E-state index in [2.05, 4.69) is 17.0 Å². The van der Waals surface area contributed by atoms with Crippen LogP contribution in [0, 0.1) is 6.92 Å². The maximum absolute atomic E-state index is 12.7. The summed E-state index contributed by atoms with van der Waals surface area (Å²) < 4.78 is 39.7. The highest BCUT2D eigenvalue weighted by Gasteiger charge is 2.29. The number of rotatable bonds is 4. The number of fused-ring (bicyclic) bond motifs is 1. The van der Waals surface area contributed by atoms with E-state index in [-0.39, 0.29) is 5.91 Å². The lowest BCUT2D eigenvalue weighted by molar-refractivity contribution is -0.137. The van der Waals surface area contributed by atoms with Gasteiger partial charge in [-0.05, 0) is 48.9 Å². The Morgan fingerprint density at radius 3 is 2.54 bits per heavy atom. The quantitative estimate of drug-likeness (QED) is 0.696. The van der Waals surface area contributed by atoms with Gasteiger partial charge in [0.1, 0.15) is 0 Å². The van der Waals surface area contributed by atoms with Crippen molar-refractivity contribution >= 4 is 22.5 Å². The monoisotopic (exact) mass is 359 g/mol. The molecule has 0 aliphatic heterocycles. The molecule has 0 saturated carbocycles. The van der Waals surface area contributed by atoms with E-state index in [1.807, 2.05) is 19.1 Å². The molecule has 0 atom stereocenters. The smallest absolute Gasteiger partial charge is 0.323 e. The van der Waals surface area contributed by atoms with Crippen LogP contribution >= 0.6 is 0 Å². The number of nitrogens with one attached hydrogen (secondary N) is 1. The Kier molecular flexibility index (Phi) is 4.54. The van der Waals surface area contributed by atoms with E-state index >= 15 is 0 Å². The largest absolute Gasteiger partial charge is 0.416 e. The number of aryl methyl sites for hydroxylation is 1.